The molecule has 1 aliphatic rings. The number of ether oxygens (including phenoxy) is 2. The minimum Gasteiger partial charge on any atom is -0.497 e. The van der Waals surface area contributed by atoms with E-state index in [-0.39, 0.29) is 11.6 Å². The second-order valence-electron chi connectivity index (χ2n) is 4.82. The number of rotatable bonds is 3. The fourth-order valence-electron chi connectivity index (χ4n) is 2.10. The second kappa shape index (κ2) is 6.97. The van der Waals surface area contributed by atoms with Crippen LogP contribution in [-0.4, -0.2) is 19.0 Å². The standard InChI is InChI=1S/C17H10BrCl2NO3/c1-23-10-5-6-11(12(18)8-10)16-21-14(17(22)24-16)7-9-3-2-4-13(19)15(9)20/h2-8H,1H3/b14-7-. The molecule has 0 aromatic heterocycles. The Kier molecular flexibility index (Phi) is 4.94. The molecule has 24 heavy (non-hydrogen) atoms. The van der Waals surface area contributed by atoms with Crippen LogP contribution in [-0.2, 0) is 9.53 Å². The zero-order valence-corrected chi connectivity index (χ0v) is 15.4. The van der Waals surface area contributed by atoms with Crippen molar-refractivity contribution in [1.29, 1.82) is 0 Å². The second-order valence-corrected chi connectivity index (χ2v) is 6.46. The molecule has 3 rings (SSSR count). The van der Waals surface area contributed by atoms with Crippen molar-refractivity contribution in [2.45, 2.75) is 0 Å². The Morgan fingerprint density at radius 2 is 2.04 bits per heavy atom. The van der Waals surface area contributed by atoms with Crippen molar-refractivity contribution in [2.24, 2.45) is 4.99 Å². The quantitative estimate of drug-likeness (QED) is 0.506. The molecule has 1 heterocycles. The van der Waals surface area contributed by atoms with Gasteiger partial charge in [0.15, 0.2) is 5.70 Å². The van der Waals surface area contributed by atoms with Crippen LogP contribution in [0.5, 0.6) is 5.75 Å². The highest BCUT2D eigenvalue weighted by atomic mass is 79.9. The van der Waals surface area contributed by atoms with Gasteiger partial charge in [-0.2, -0.15) is 0 Å². The number of benzene rings is 2. The molecule has 0 bridgehead atoms. The Morgan fingerprint density at radius 1 is 1.25 bits per heavy atom. The SMILES string of the molecule is COc1ccc(C2=N/C(=C\c3cccc(Cl)c3Cl)C(=O)O2)c(Br)c1. The number of halogens is 3. The third kappa shape index (κ3) is 3.34. The fraction of sp³-hybridized carbons (Fsp3) is 0.0588. The number of carbonyl (C=O) groups is 1. The molecule has 122 valence electrons. The van der Waals surface area contributed by atoms with E-state index in [2.05, 4.69) is 20.9 Å². The third-order valence-electron chi connectivity index (χ3n) is 3.30. The topological polar surface area (TPSA) is 47.9 Å². The van der Waals surface area contributed by atoms with Crippen molar-refractivity contribution in [2.75, 3.05) is 7.11 Å². The Bertz CT molecular complexity index is 893. The van der Waals surface area contributed by atoms with Crippen molar-refractivity contribution >= 4 is 57.1 Å². The van der Waals surface area contributed by atoms with Gasteiger partial charge in [-0.15, -0.1) is 0 Å². The number of esters is 1. The summed E-state index contributed by atoms with van der Waals surface area (Å²) >= 11 is 15.5. The van der Waals surface area contributed by atoms with E-state index in [1.165, 1.54) is 0 Å². The van der Waals surface area contributed by atoms with Gasteiger partial charge in [-0.05, 0) is 51.8 Å². The summed E-state index contributed by atoms with van der Waals surface area (Å²) in [6.45, 7) is 0. The van der Waals surface area contributed by atoms with Crippen LogP contribution in [0.15, 0.2) is 51.6 Å². The summed E-state index contributed by atoms with van der Waals surface area (Å²) in [5.41, 5.74) is 1.39. The van der Waals surface area contributed by atoms with E-state index >= 15 is 0 Å². The van der Waals surface area contributed by atoms with Crippen molar-refractivity contribution < 1.29 is 14.3 Å². The van der Waals surface area contributed by atoms with E-state index in [9.17, 15) is 4.79 Å². The van der Waals surface area contributed by atoms with Crippen molar-refractivity contribution in [3.63, 3.8) is 0 Å². The van der Waals surface area contributed by atoms with Crippen LogP contribution in [0.2, 0.25) is 10.0 Å². The van der Waals surface area contributed by atoms with Crippen molar-refractivity contribution in [1.82, 2.24) is 0 Å². The molecule has 0 atom stereocenters. The van der Waals surface area contributed by atoms with E-state index in [4.69, 9.17) is 32.7 Å². The zero-order chi connectivity index (χ0) is 17.3. The van der Waals surface area contributed by atoms with Gasteiger partial charge in [0.25, 0.3) is 0 Å². The lowest BCUT2D eigenvalue weighted by Gasteiger charge is -2.05. The lowest BCUT2D eigenvalue weighted by atomic mass is 10.2. The van der Waals surface area contributed by atoms with E-state index in [0.717, 1.165) is 0 Å². The van der Waals surface area contributed by atoms with Crippen LogP contribution in [0.3, 0.4) is 0 Å². The molecule has 0 N–H and O–H groups in total. The molecule has 0 aliphatic carbocycles. The molecule has 2 aromatic rings. The maximum Gasteiger partial charge on any atom is 0.363 e. The molecular weight excluding hydrogens is 417 g/mol. The summed E-state index contributed by atoms with van der Waals surface area (Å²) in [5, 5.41) is 0.758. The average Bonchev–Trinajstić information content (AvgIpc) is 2.92. The monoisotopic (exact) mass is 425 g/mol. The van der Waals surface area contributed by atoms with Crippen LogP contribution >= 0.6 is 39.1 Å². The molecule has 4 nitrogen and oxygen atoms in total. The third-order valence-corrected chi connectivity index (χ3v) is 4.79. The maximum absolute atomic E-state index is 12.1. The molecule has 0 saturated heterocycles. The Balaban J connectivity index is 1.99. The van der Waals surface area contributed by atoms with Gasteiger partial charge in [0, 0.05) is 4.47 Å². The van der Waals surface area contributed by atoms with Crippen LogP contribution in [0.1, 0.15) is 11.1 Å². The van der Waals surface area contributed by atoms with E-state index < -0.39 is 5.97 Å². The molecular formula is C17H10BrCl2NO3. The molecule has 7 heteroatoms. The number of methoxy groups -OCH3 is 1. The van der Waals surface area contributed by atoms with Gasteiger partial charge >= 0.3 is 5.97 Å². The number of nitrogens with zero attached hydrogens (tertiary/aromatic N) is 1. The lowest BCUT2D eigenvalue weighted by molar-refractivity contribution is -0.129. The number of cyclic esters (lactones) is 1. The fourth-order valence-corrected chi connectivity index (χ4v) is 2.99. The number of aliphatic imine (C=N–C) groups is 1. The highest BCUT2D eigenvalue weighted by Gasteiger charge is 2.26. The molecule has 2 aromatic carbocycles. The summed E-state index contributed by atoms with van der Waals surface area (Å²) in [6.07, 6.45) is 1.54. The van der Waals surface area contributed by atoms with Crippen molar-refractivity contribution in [3.8, 4) is 5.75 Å². The normalized spacial score (nSPS) is 15.4. The number of carbonyl (C=O) groups excluding carboxylic acids is 1. The zero-order valence-electron chi connectivity index (χ0n) is 12.3. The average molecular weight is 427 g/mol. The molecule has 1 aliphatic heterocycles. The Labute approximate surface area is 156 Å². The van der Waals surface area contributed by atoms with Gasteiger partial charge in [0.1, 0.15) is 5.75 Å². The summed E-state index contributed by atoms with van der Waals surface area (Å²) in [5.74, 6) is 0.333. The molecule has 0 spiro atoms. The molecule has 0 unspecified atom stereocenters. The van der Waals surface area contributed by atoms with Crippen LogP contribution in [0, 0.1) is 0 Å². The number of hydrogen-bond donors (Lipinski definition) is 0. The largest absolute Gasteiger partial charge is 0.497 e. The highest BCUT2D eigenvalue weighted by molar-refractivity contribution is 9.10. The van der Waals surface area contributed by atoms with E-state index in [1.807, 2.05) is 0 Å². The van der Waals surface area contributed by atoms with E-state index in [1.54, 1.807) is 49.6 Å². The first-order valence-corrected chi connectivity index (χ1v) is 8.35. The molecule has 0 fully saturated rings. The Hall–Kier alpha value is -1.82. The summed E-state index contributed by atoms with van der Waals surface area (Å²) in [6, 6.07) is 10.4. The first-order valence-electron chi connectivity index (χ1n) is 6.80. The highest BCUT2D eigenvalue weighted by Crippen LogP contribution is 2.30. The summed E-state index contributed by atoms with van der Waals surface area (Å²) in [4.78, 5) is 16.3. The maximum atomic E-state index is 12.1. The van der Waals surface area contributed by atoms with Crippen LogP contribution < -0.4 is 4.74 Å². The van der Waals surface area contributed by atoms with Gasteiger partial charge in [-0.25, -0.2) is 9.79 Å². The Morgan fingerprint density at radius 3 is 2.75 bits per heavy atom. The lowest BCUT2D eigenvalue weighted by Crippen LogP contribution is -2.06. The first kappa shape index (κ1) is 17.0. The van der Waals surface area contributed by atoms with Gasteiger partial charge < -0.3 is 9.47 Å². The van der Waals surface area contributed by atoms with Gasteiger partial charge in [0.2, 0.25) is 5.90 Å². The minimum atomic E-state index is -0.552. The number of hydrogen-bond acceptors (Lipinski definition) is 4. The van der Waals surface area contributed by atoms with E-state index in [0.29, 0.717) is 31.4 Å². The smallest absolute Gasteiger partial charge is 0.363 e. The first-order chi connectivity index (χ1) is 11.5. The van der Waals surface area contributed by atoms with Crippen LogP contribution in [0.25, 0.3) is 6.08 Å². The van der Waals surface area contributed by atoms with Gasteiger partial charge in [-0.3, -0.25) is 0 Å². The predicted octanol–water partition coefficient (Wildman–Crippen LogP) is 5.11. The molecule has 0 amide bonds. The molecule has 0 saturated carbocycles. The molecule has 0 radical (unpaired) electrons. The minimum absolute atomic E-state index is 0.150. The van der Waals surface area contributed by atoms with Crippen LogP contribution in [0.4, 0.5) is 0 Å². The van der Waals surface area contributed by atoms with Crippen molar-refractivity contribution in [3.05, 3.63) is 67.7 Å². The van der Waals surface area contributed by atoms with Gasteiger partial charge in [-0.1, -0.05) is 35.3 Å². The predicted molar refractivity (Wildman–Crippen MR) is 97.8 cm³/mol. The van der Waals surface area contributed by atoms with Gasteiger partial charge in [0.05, 0.1) is 22.7 Å². The summed E-state index contributed by atoms with van der Waals surface area (Å²) < 4.78 is 11.1. The summed E-state index contributed by atoms with van der Waals surface area (Å²) in [7, 11) is 1.57.